The molecule has 15 heteroatoms. The van der Waals surface area contributed by atoms with Crippen molar-refractivity contribution in [3.05, 3.63) is 71.1 Å². The number of alkyl halides is 3. The number of likely N-dealkylation sites (tertiary alicyclic amines) is 2. The predicted octanol–water partition coefficient (Wildman–Crippen LogP) is 3.25. The van der Waals surface area contributed by atoms with Gasteiger partial charge in [0.25, 0.3) is 5.91 Å². The number of piperidine rings is 1. The third-order valence-corrected chi connectivity index (χ3v) is 9.32. The normalized spacial score (nSPS) is 19.2. The van der Waals surface area contributed by atoms with Gasteiger partial charge in [-0.15, -0.1) is 0 Å². The molecule has 3 aromatic rings. The van der Waals surface area contributed by atoms with Crippen LogP contribution in [0.25, 0.3) is 11.0 Å². The number of aromatic nitrogens is 2. The summed E-state index contributed by atoms with van der Waals surface area (Å²) in [6.07, 6.45) is -3.54. The second kappa shape index (κ2) is 13.1. The second-order valence-corrected chi connectivity index (χ2v) is 13.2. The molecular formula is C30H34F3N6O5S-. The standard InChI is InChI=1S/C30H35F3N6O5S/c1-2-45(43,44)35-16-21-11-13-37(17-21)27(40)23-7-10-26-25(14-23)36-28(34-15-20-5-8-24(9-6-20)30(31,32)33)39(26)19-22-4-3-12-38(18-22)29(41)42/h2,5-10,14,21-22,35H,1,3-4,11-13,15-19H2,(H,34,36)(H,41,42)/p-1/t21-,22?/m1/s1. The molecule has 45 heavy (non-hydrogen) atoms. The fourth-order valence-corrected chi connectivity index (χ4v) is 6.46. The molecule has 11 nitrogen and oxygen atoms in total. The highest BCUT2D eigenvalue weighted by molar-refractivity contribution is 7.92. The van der Waals surface area contributed by atoms with Crippen molar-refractivity contribution in [2.24, 2.45) is 11.8 Å². The van der Waals surface area contributed by atoms with Crippen molar-refractivity contribution in [2.75, 3.05) is 38.0 Å². The molecule has 2 fully saturated rings. The highest BCUT2D eigenvalue weighted by Crippen LogP contribution is 2.30. The summed E-state index contributed by atoms with van der Waals surface area (Å²) in [5, 5.41) is 15.6. The van der Waals surface area contributed by atoms with E-state index in [1.807, 2.05) is 4.57 Å². The molecular weight excluding hydrogens is 613 g/mol. The zero-order valence-electron chi connectivity index (χ0n) is 24.4. The quantitative estimate of drug-likeness (QED) is 0.345. The molecule has 5 rings (SSSR count). The summed E-state index contributed by atoms with van der Waals surface area (Å²) in [4.78, 5) is 32.6. The first-order valence-electron chi connectivity index (χ1n) is 14.6. The van der Waals surface area contributed by atoms with Gasteiger partial charge in [0.2, 0.25) is 16.0 Å². The Balaban J connectivity index is 1.36. The van der Waals surface area contributed by atoms with Gasteiger partial charge in [-0.3, -0.25) is 4.79 Å². The zero-order chi connectivity index (χ0) is 32.4. The highest BCUT2D eigenvalue weighted by Gasteiger charge is 2.30. The van der Waals surface area contributed by atoms with Gasteiger partial charge in [-0.1, -0.05) is 18.7 Å². The molecule has 0 saturated carbocycles. The fraction of sp³-hybridized carbons (Fsp3) is 0.433. The topological polar surface area (TPSA) is 140 Å². The Labute approximate surface area is 258 Å². The van der Waals surface area contributed by atoms with Gasteiger partial charge in [-0.2, -0.15) is 13.2 Å². The van der Waals surface area contributed by atoms with Crippen LogP contribution < -0.4 is 15.1 Å². The van der Waals surface area contributed by atoms with Crippen molar-refractivity contribution in [2.45, 2.75) is 38.5 Å². The molecule has 0 bridgehead atoms. The number of carbonyl (C=O) groups is 2. The van der Waals surface area contributed by atoms with E-state index in [0.29, 0.717) is 73.7 Å². The maximum atomic E-state index is 13.4. The number of nitrogens with one attached hydrogen (secondary N) is 2. The number of carboxylic acid groups (broad SMARTS) is 1. The van der Waals surface area contributed by atoms with E-state index in [-0.39, 0.29) is 30.8 Å². The Hall–Kier alpha value is -4.11. The van der Waals surface area contributed by atoms with Crippen LogP contribution in [0.1, 0.15) is 40.7 Å². The lowest BCUT2D eigenvalue weighted by molar-refractivity contribution is -0.267. The molecule has 0 radical (unpaired) electrons. The average Bonchev–Trinajstić information content (AvgIpc) is 3.63. The molecule has 2 aromatic carbocycles. The molecule has 2 aliphatic heterocycles. The van der Waals surface area contributed by atoms with Crippen LogP contribution in [0.2, 0.25) is 0 Å². The van der Waals surface area contributed by atoms with E-state index < -0.39 is 27.9 Å². The number of halogens is 3. The Morgan fingerprint density at radius 3 is 2.47 bits per heavy atom. The molecule has 3 heterocycles. The minimum Gasteiger partial charge on any atom is -0.530 e. The number of amides is 2. The van der Waals surface area contributed by atoms with E-state index >= 15 is 0 Å². The Kier molecular flexibility index (Phi) is 9.39. The number of fused-ring (bicyclic) bond motifs is 1. The van der Waals surface area contributed by atoms with Crippen molar-refractivity contribution < 1.29 is 36.3 Å². The summed E-state index contributed by atoms with van der Waals surface area (Å²) in [6.45, 7) is 5.67. The third kappa shape index (κ3) is 7.76. The van der Waals surface area contributed by atoms with Gasteiger partial charge in [0.15, 0.2) is 0 Å². The van der Waals surface area contributed by atoms with E-state index in [1.54, 1.807) is 23.1 Å². The summed E-state index contributed by atoms with van der Waals surface area (Å²) in [7, 11) is -3.56. The molecule has 2 N–H and O–H groups in total. The minimum absolute atomic E-state index is 0.0259. The maximum absolute atomic E-state index is 13.4. The van der Waals surface area contributed by atoms with Crippen molar-refractivity contribution in [1.82, 2.24) is 24.1 Å². The second-order valence-electron chi connectivity index (χ2n) is 11.5. The summed E-state index contributed by atoms with van der Waals surface area (Å²) in [6, 6.07) is 9.99. The first kappa shape index (κ1) is 32.3. The number of sulfonamides is 1. The molecule has 2 aliphatic rings. The molecule has 2 atom stereocenters. The van der Waals surface area contributed by atoms with Crippen LogP contribution in [0, 0.1) is 11.8 Å². The lowest BCUT2D eigenvalue weighted by atomic mass is 9.98. The van der Waals surface area contributed by atoms with E-state index in [0.717, 1.165) is 24.0 Å². The molecule has 0 spiro atoms. The number of hydrogen-bond donors (Lipinski definition) is 2. The van der Waals surface area contributed by atoms with Gasteiger partial charge in [-0.05, 0) is 67.0 Å². The van der Waals surface area contributed by atoms with Crippen molar-refractivity contribution in [3.8, 4) is 0 Å². The first-order valence-corrected chi connectivity index (χ1v) is 16.1. The van der Waals surface area contributed by atoms with Gasteiger partial charge >= 0.3 is 6.18 Å². The lowest BCUT2D eigenvalue weighted by Gasteiger charge is -2.34. The van der Waals surface area contributed by atoms with Crippen LogP contribution in [-0.2, 0) is 29.3 Å². The van der Waals surface area contributed by atoms with Crippen LogP contribution in [0.5, 0.6) is 0 Å². The number of imidazole rings is 1. The van der Waals surface area contributed by atoms with Crippen molar-refractivity contribution >= 4 is 39.0 Å². The van der Waals surface area contributed by atoms with Crippen LogP contribution in [-0.4, -0.2) is 72.5 Å². The van der Waals surface area contributed by atoms with Gasteiger partial charge in [-0.25, -0.2) is 18.1 Å². The molecule has 242 valence electrons. The number of carbonyl (C=O) groups excluding carboxylic acids is 2. The number of nitrogens with zero attached hydrogens (tertiary/aromatic N) is 4. The van der Waals surface area contributed by atoms with E-state index in [9.17, 15) is 36.3 Å². The monoisotopic (exact) mass is 647 g/mol. The van der Waals surface area contributed by atoms with Crippen LogP contribution in [0.15, 0.2) is 54.5 Å². The van der Waals surface area contributed by atoms with Crippen molar-refractivity contribution in [1.29, 1.82) is 0 Å². The van der Waals surface area contributed by atoms with Crippen molar-refractivity contribution in [3.63, 3.8) is 0 Å². The Morgan fingerprint density at radius 1 is 1.04 bits per heavy atom. The summed E-state index contributed by atoms with van der Waals surface area (Å²) in [5.74, 6) is 0.165. The first-order chi connectivity index (χ1) is 21.3. The van der Waals surface area contributed by atoms with E-state index in [2.05, 4.69) is 16.6 Å². The number of benzene rings is 2. The molecule has 1 aromatic heterocycles. The molecule has 1 unspecified atom stereocenters. The zero-order valence-corrected chi connectivity index (χ0v) is 25.2. The Bertz CT molecular complexity index is 1680. The van der Waals surface area contributed by atoms with Gasteiger partial charge < -0.3 is 29.6 Å². The molecule has 0 aliphatic carbocycles. The van der Waals surface area contributed by atoms with Crippen LogP contribution >= 0.6 is 0 Å². The summed E-state index contributed by atoms with van der Waals surface area (Å²) >= 11 is 0. The molecule has 2 amide bonds. The number of anilines is 1. The summed E-state index contributed by atoms with van der Waals surface area (Å²) in [5.41, 5.74) is 1.52. The van der Waals surface area contributed by atoms with Gasteiger partial charge in [0, 0.05) is 56.8 Å². The van der Waals surface area contributed by atoms with Crippen LogP contribution in [0.3, 0.4) is 0 Å². The average molecular weight is 648 g/mol. The van der Waals surface area contributed by atoms with Gasteiger partial charge in [0.1, 0.15) is 6.09 Å². The smallest absolute Gasteiger partial charge is 0.416 e. The van der Waals surface area contributed by atoms with Crippen LogP contribution in [0.4, 0.5) is 23.9 Å². The number of rotatable bonds is 10. The third-order valence-electron chi connectivity index (χ3n) is 8.31. The maximum Gasteiger partial charge on any atom is 0.416 e. The van der Waals surface area contributed by atoms with E-state index in [4.69, 9.17) is 4.98 Å². The lowest BCUT2D eigenvalue weighted by Crippen LogP contribution is -2.47. The largest absolute Gasteiger partial charge is 0.530 e. The SMILES string of the molecule is C=CS(=O)(=O)NC[C@H]1CCN(C(=O)c2ccc3c(c2)nc(NCc2ccc(C(F)(F)F)cc2)n3CC2CCCN(C(=O)[O-])C2)C1. The molecule has 2 saturated heterocycles. The predicted molar refractivity (Wildman–Crippen MR) is 159 cm³/mol. The fourth-order valence-electron chi connectivity index (χ4n) is 5.87. The summed E-state index contributed by atoms with van der Waals surface area (Å²) < 4.78 is 66.8. The highest BCUT2D eigenvalue weighted by atomic mass is 32.2. The minimum atomic E-state index is -4.44. The van der Waals surface area contributed by atoms with E-state index in [1.165, 1.54) is 17.0 Å². The number of hydrogen-bond acceptors (Lipinski definition) is 7. The van der Waals surface area contributed by atoms with Gasteiger partial charge in [0.05, 0.1) is 16.6 Å². The Morgan fingerprint density at radius 2 is 1.78 bits per heavy atom.